The normalized spacial score (nSPS) is 12.7. The molecule has 1 N–H and O–H groups in total. The van der Waals surface area contributed by atoms with Crippen LogP contribution >= 0.6 is 11.3 Å². The number of rotatable bonds is 3. The fourth-order valence-corrected chi connectivity index (χ4v) is 2.56. The van der Waals surface area contributed by atoms with Gasteiger partial charge >= 0.3 is 0 Å². The van der Waals surface area contributed by atoms with Crippen LogP contribution in [0.4, 0.5) is 0 Å². The molecule has 16 heavy (non-hydrogen) atoms. The van der Waals surface area contributed by atoms with E-state index in [1.54, 1.807) is 11.3 Å². The highest BCUT2D eigenvalue weighted by atomic mass is 32.1. The second-order valence-corrected chi connectivity index (χ2v) is 4.71. The van der Waals surface area contributed by atoms with Gasteiger partial charge in [0.05, 0.1) is 17.2 Å². The summed E-state index contributed by atoms with van der Waals surface area (Å²) in [7, 11) is 1.98. The standard InChI is InChI=1S/C13H16N2S/c1-9-4-5-11(10(2)6-9)13(14-3)12-7-16-8-15-12/h4-8,13-14H,1-3H3. The Bertz CT molecular complexity index is 463. The maximum Gasteiger partial charge on any atom is 0.0795 e. The minimum absolute atomic E-state index is 0.201. The molecule has 0 aliphatic heterocycles. The Morgan fingerprint density at radius 2 is 2.12 bits per heavy atom. The summed E-state index contributed by atoms with van der Waals surface area (Å²) in [5.41, 5.74) is 6.89. The van der Waals surface area contributed by atoms with Crippen LogP contribution in [0.25, 0.3) is 0 Å². The molecule has 84 valence electrons. The van der Waals surface area contributed by atoms with Crippen molar-refractivity contribution in [3.8, 4) is 0 Å². The molecule has 2 nitrogen and oxygen atoms in total. The van der Waals surface area contributed by atoms with Gasteiger partial charge in [0.25, 0.3) is 0 Å². The van der Waals surface area contributed by atoms with Crippen LogP contribution in [0.1, 0.15) is 28.4 Å². The van der Waals surface area contributed by atoms with Crippen LogP contribution in [0, 0.1) is 13.8 Å². The molecule has 0 radical (unpaired) electrons. The van der Waals surface area contributed by atoms with E-state index in [2.05, 4.69) is 47.7 Å². The van der Waals surface area contributed by atoms with E-state index >= 15 is 0 Å². The molecule has 1 aromatic heterocycles. The Hall–Kier alpha value is -1.19. The van der Waals surface area contributed by atoms with Crippen molar-refractivity contribution in [2.45, 2.75) is 19.9 Å². The van der Waals surface area contributed by atoms with Crippen LogP contribution in [-0.2, 0) is 0 Å². The number of hydrogen-bond acceptors (Lipinski definition) is 3. The Balaban J connectivity index is 2.41. The van der Waals surface area contributed by atoms with Crippen molar-refractivity contribution in [1.82, 2.24) is 10.3 Å². The minimum atomic E-state index is 0.201. The monoisotopic (exact) mass is 232 g/mol. The number of hydrogen-bond donors (Lipinski definition) is 1. The third kappa shape index (κ3) is 2.15. The highest BCUT2D eigenvalue weighted by molar-refractivity contribution is 7.07. The van der Waals surface area contributed by atoms with Gasteiger partial charge in [-0.3, -0.25) is 0 Å². The molecule has 1 unspecified atom stereocenters. The Labute approximate surface area is 100 Å². The summed E-state index contributed by atoms with van der Waals surface area (Å²) in [5, 5.41) is 5.42. The minimum Gasteiger partial charge on any atom is -0.308 e. The first-order valence-electron chi connectivity index (χ1n) is 5.35. The van der Waals surface area contributed by atoms with E-state index < -0.39 is 0 Å². The first-order valence-corrected chi connectivity index (χ1v) is 6.29. The lowest BCUT2D eigenvalue weighted by molar-refractivity contribution is 0.671. The van der Waals surface area contributed by atoms with E-state index in [9.17, 15) is 0 Å². The molecule has 0 aliphatic rings. The average Bonchev–Trinajstić information content (AvgIpc) is 2.75. The zero-order valence-corrected chi connectivity index (χ0v) is 10.6. The number of aryl methyl sites for hydroxylation is 2. The average molecular weight is 232 g/mol. The van der Waals surface area contributed by atoms with Gasteiger partial charge in [-0.1, -0.05) is 23.8 Å². The van der Waals surface area contributed by atoms with Gasteiger partial charge in [0.15, 0.2) is 0 Å². The van der Waals surface area contributed by atoms with Crippen LogP contribution < -0.4 is 5.32 Å². The van der Waals surface area contributed by atoms with Crippen LogP contribution in [0.15, 0.2) is 29.1 Å². The molecule has 0 saturated heterocycles. The molecule has 2 aromatic rings. The Kier molecular flexibility index (Phi) is 3.36. The summed E-state index contributed by atoms with van der Waals surface area (Å²) in [6.45, 7) is 4.27. The van der Waals surface area contributed by atoms with Gasteiger partial charge in [-0.05, 0) is 32.0 Å². The van der Waals surface area contributed by atoms with Gasteiger partial charge < -0.3 is 5.32 Å². The molecule has 1 atom stereocenters. The van der Waals surface area contributed by atoms with Crippen LogP contribution in [0.2, 0.25) is 0 Å². The predicted molar refractivity (Wildman–Crippen MR) is 68.9 cm³/mol. The second kappa shape index (κ2) is 4.76. The first-order chi connectivity index (χ1) is 7.72. The Morgan fingerprint density at radius 1 is 1.31 bits per heavy atom. The third-order valence-corrected chi connectivity index (χ3v) is 3.38. The molecule has 2 rings (SSSR count). The summed E-state index contributed by atoms with van der Waals surface area (Å²) in [5.74, 6) is 0. The first kappa shape index (κ1) is 11.3. The number of aromatic nitrogens is 1. The van der Waals surface area contributed by atoms with Crippen LogP contribution in [-0.4, -0.2) is 12.0 Å². The zero-order valence-electron chi connectivity index (χ0n) is 9.82. The molecule has 0 fully saturated rings. The van der Waals surface area contributed by atoms with Gasteiger partial charge in [0, 0.05) is 5.38 Å². The zero-order chi connectivity index (χ0) is 11.5. The number of thiazole rings is 1. The van der Waals surface area contributed by atoms with E-state index in [0.717, 1.165) is 5.69 Å². The van der Waals surface area contributed by atoms with E-state index in [1.165, 1.54) is 16.7 Å². The molecule has 3 heteroatoms. The van der Waals surface area contributed by atoms with Crippen molar-refractivity contribution < 1.29 is 0 Å². The summed E-state index contributed by atoms with van der Waals surface area (Å²) >= 11 is 1.64. The summed E-state index contributed by atoms with van der Waals surface area (Å²) in [4.78, 5) is 4.38. The van der Waals surface area contributed by atoms with Crippen molar-refractivity contribution in [3.05, 3.63) is 51.5 Å². The summed E-state index contributed by atoms with van der Waals surface area (Å²) in [6, 6.07) is 6.75. The lowest BCUT2D eigenvalue weighted by atomic mass is 9.98. The van der Waals surface area contributed by atoms with Crippen LogP contribution in [0.5, 0.6) is 0 Å². The summed E-state index contributed by atoms with van der Waals surface area (Å²) < 4.78 is 0. The maximum atomic E-state index is 4.38. The topological polar surface area (TPSA) is 24.9 Å². The van der Waals surface area contributed by atoms with Crippen molar-refractivity contribution in [2.75, 3.05) is 7.05 Å². The highest BCUT2D eigenvalue weighted by Gasteiger charge is 2.15. The highest BCUT2D eigenvalue weighted by Crippen LogP contribution is 2.24. The fraction of sp³-hybridized carbons (Fsp3) is 0.308. The van der Waals surface area contributed by atoms with E-state index in [-0.39, 0.29) is 6.04 Å². The molecule has 1 aromatic carbocycles. The molecular formula is C13H16N2S. The molecule has 0 bridgehead atoms. The molecular weight excluding hydrogens is 216 g/mol. The number of nitrogens with one attached hydrogen (secondary N) is 1. The fourth-order valence-electron chi connectivity index (χ4n) is 1.98. The second-order valence-electron chi connectivity index (χ2n) is 4.00. The van der Waals surface area contributed by atoms with Crippen molar-refractivity contribution in [2.24, 2.45) is 0 Å². The molecule has 0 amide bonds. The summed E-state index contributed by atoms with van der Waals surface area (Å²) in [6.07, 6.45) is 0. The molecule has 0 saturated carbocycles. The molecule has 0 aliphatic carbocycles. The van der Waals surface area contributed by atoms with E-state index in [4.69, 9.17) is 0 Å². The SMILES string of the molecule is CNC(c1cscn1)c1ccc(C)cc1C. The largest absolute Gasteiger partial charge is 0.308 e. The predicted octanol–water partition coefficient (Wildman–Crippen LogP) is 3.07. The Morgan fingerprint density at radius 3 is 2.69 bits per heavy atom. The van der Waals surface area contributed by atoms with Gasteiger partial charge in [-0.15, -0.1) is 11.3 Å². The molecule has 0 spiro atoms. The lowest BCUT2D eigenvalue weighted by Crippen LogP contribution is -2.19. The van der Waals surface area contributed by atoms with Gasteiger partial charge in [0.1, 0.15) is 0 Å². The number of benzene rings is 1. The van der Waals surface area contributed by atoms with Crippen molar-refractivity contribution >= 4 is 11.3 Å². The van der Waals surface area contributed by atoms with E-state index in [1.807, 2.05) is 12.6 Å². The van der Waals surface area contributed by atoms with Gasteiger partial charge in [-0.2, -0.15) is 0 Å². The van der Waals surface area contributed by atoms with Crippen molar-refractivity contribution in [1.29, 1.82) is 0 Å². The van der Waals surface area contributed by atoms with Crippen LogP contribution in [0.3, 0.4) is 0 Å². The van der Waals surface area contributed by atoms with Crippen molar-refractivity contribution in [3.63, 3.8) is 0 Å². The number of nitrogens with zero attached hydrogens (tertiary/aromatic N) is 1. The van der Waals surface area contributed by atoms with E-state index in [0.29, 0.717) is 0 Å². The maximum absolute atomic E-state index is 4.38. The quantitative estimate of drug-likeness (QED) is 0.879. The van der Waals surface area contributed by atoms with Gasteiger partial charge in [-0.25, -0.2) is 4.98 Å². The third-order valence-electron chi connectivity index (χ3n) is 2.77. The van der Waals surface area contributed by atoms with Gasteiger partial charge in [0.2, 0.25) is 0 Å². The smallest absolute Gasteiger partial charge is 0.0795 e. The molecule has 1 heterocycles. The lowest BCUT2D eigenvalue weighted by Gasteiger charge is -2.17.